The number of nitrogens with two attached hydrogens (primary N) is 1. The van der Waals surface area contributed by atoms with E-state index in [9.17, 15) is 13.2 Å². The summed E-state index contributed by atoms with van der Waals surface area (Å²) in [5, 5.41) is 10.8. The third-order valence-corrected chi connectivity index (χ3v) is 4.27. The molecule has 4 N–H and O–H groups in total. The second-order valence-corrected chi connectivity index (χ2v) is 6.46. The van der Waals surface area contributed by atoms with E-state index in [4.69, 9.17) is 32.2 Å². The van der Waals surface area contributed by atoms with Crippen LogP contribution in [0, 0.1) is 5.41 Å². The van der Waals surface area contributed by atoms with Gasteiger partial charge in [0.15, 0.2) is 0 Å². The van der Waals surface area contributed by atoms with Crippen LogP contribution in [0.15, 0.2) is 23.9 Å². The molecule has 0 aliphatic carbocycles. The lowest BCUT2D eigenvalue weighted by Gasteiger charge is -2.20. The minimum Gasteiger partial charge on any atom is -0.490 e. The molecule has 0 aliphatic rings. The highest BCUT2D eigenvalue weighted by molar-refractivity contribution is 6.33. The largest absolute Gasteiger partial charge is 0.490 e. The van der Waals surface area contributed by atoms with Crippen molar-refractivity contribution in [1.29, 1.82) is 5.41 Å². The summed E-state index contributed by atoms with van der Waals surface area (Å²) in [5.74, 6) is -0.159. The lowest BCUT2D eigenvalue weighted by atomic mass is 9.99. The van der Waals surface area contributed by atoms with Crippen molar-refractivity contribution in [3.8, 4) is 5.75 Å². The topological polar surface area (TPSA) is 83.6 Å². The van der Waals surface area contributed by atoms with E-state index in [0.717, 1.165) is 12.6 Å². The van der Waals surface area contributed by atoms with Gasteiger partial charge in [0.05, 0.1) is 22.9 Å². The van der Waals surface area contributed by atoms with Crippen molar-refractivity contribution in [3.63, 3.8) is 0 Å². The third kappa shape index (κ3) is 6.97. The van der Waals surface area contributed by atoms with E-state index in [0.29, 0.717) is 18.7 Å². The lowest BCUT2D eigenvalue weighted by molar-refractivity contribution is -0.137. The molecule has 1 rings (SSSR count). The second-order valence-electron chi connectivity index (χ2n) is 6.08. The van der Waals surface area contributed by atoms with Crippen molar-refractivity contribution < 1.29 is 22.6 Å². The summed E-state index contributed by atoms with van der Waals surface area (Å²) in [4.78, 5) is 1.90. The third-order valence-electron chi connectivity index (χ3n) is 3.88. The zero-order valence-electron chi connectivity index (χ0n) is 16.1. The van der Waals surface area contributed by atoms with E-state index in [1.165, 1.54) is 19.4 Å². The van der Waals surface area contributed by atoms with Gasteiger partial charge < -0.3 is 25.4 Å². The fraction of sp³-hybridized carbons (Fsp3) is 0.500. The molecule has 0 heterocycles. The first-order valence-electron chi connectivity index (χ1n) is 8.51. The van der Waals surface area contributed by atoms with Crippen LogP contribution in [-0.4, -0.2) is 64.7 Å². The number of methoxy groups -OCH3 is 1. The summed E-state index contributed by atoms with van der Waals surface area (Å²) in [6, 6.07) is 2.15. The minimum absolute atomic E-state index is 0.0165. The van der Waals surface area contributed by atoms with Gasteiger partial charge in [0.25, 0.3) is 0 Å². The Balaban J connectivity index is 3.22. The van der Waals surface area contributed by atoms with Gasteiger partial charge in [0, 0.05) is 44.1 Å². The van der Waals surface area contributed by atoms with Crippen LogP contribution >= 0.6 is 11.6 Å². The van der Waals surface area contributed by atoms with Crippen molar-refractivity contribution in [2.75, 3.05) is 54.1 Å². The molecule has 0 saturated heterocycles. The molecule has 10 heteroatoms. The Morgan fingerprint density at radius 1 is 1.36 bits per heavy atom. The van der Waals surface area contributed by atoms with Crippen LogP contribution in [-0.2, 0) is 10.9 Å². The number of rotatable bonds is 11. The molecule has 0 spiro atoms. The predicted octanol–water partition coefficient (Wildman–Crippen LogP) is 2.75. The zero-order chi connectivity index (χ0) is 21.3. The smallest absolute Gasteiger partial charge is 0.418 e. The average Bonchev–Trinajstić information content (AvgIpc) is 2.64. The van der Waals surface area contributed by atoms with E-state index < -0.39 is 16.8 Å². The summed E-state index contributed by atoms with van der Waals surface area (Å²) >= 11 is 5.89. The predicted molar refractivity (Wildman–Crippen MR) is 104 cm³/mol. The molecule has 0 fully saturated rings. The fourth-order valence-electron chi connectivity index (χ4n) is 2.36. The van der Waals surface area contributed by atoms with Crippen LogP contribution in [0.25, 0.3) is 0 Å². The van der Waals surface area contributed by atoms with Crippen LogP contribution in [0.5, 0.6) is 5.75 Å². The maximum Gasteiger partial charge on any atom is 0.418 e. The summed E-state index contributed by atoms with van der Waals surface area (Å²) in [6.45, 7) is 1.92. The maximum atomic E-state index is 13.4. The van der Waals surface area contributed by atoms with Crippen molar-refractivity contribution in [1.82, 2.24) is 10.2 Å². The van der Waals surface area contributed by atoms with Crippen molar-refractivity contribution in [2.45, 2.75) is 6.18 Å². The second kappa shape index (κ2) is 11.3. The first-order valence-corrected chi connectivity index (χ1v) is 8.89. The van der Waals surface area contributed by atoms with Gasteiger partial charge in [0.2, 0.25) is 0 Å². The molecule has 0 amide bonds. The average molecular weight is 423 g/mol. The van der Waals surface area contributed by atoms with E-state index in [1.807, 2.05) is 19.0 Å². The van der Waals surface area contributed by atoms with Crippen LogP contribution in [0.2, 0.25) is 5.02 Å². The Bertz CT molecular complexity index is 696. The number of halogens is 4. The van der Waals surface area contributed by atoms with Gasteiger partial charge in [0.1, 0.15) is 12.4 Å². The summed E-state index contributed by atoms with van der Waals surface area (Å²) < 4.78 is 50.4. The van der Waals surface area contributed by atoms with Gasteiger partial charge in [-0.2, -0.15) is 13.2 Å². The molecule has 0 saturated carbocycles. The molecule has 0 bridgehead atoms. The number of nitrogens with one attached hydrogen (secondary N) is 2. The van der Waals surface area contributed by atoms with Gasteiger partial charge in [-0.05, 0) is 26.2 Å². The van der Waals surface area contributed by atoms with Gasteiger partial charge in [-0.15, -0.1) is 0 Å². The first-order chi connectivity index (χ1) is 13.1. The highest BCUT2D eigenvalue weighted by Gasteiger charge is 2.35. The normalized spacial score (nSPS) is 12.5. The summed E-state index contributed by atoms with van der Waals surface area (Å²) in [7, 11) is 5.09. The van der Waals surface area contributed by atoms with Crippen molar-refractivity contribution >= 4 is 17.3 Å². The summed E-state index contributed by atoms with van der Waals surface area (Å²) in [5.41, 5.74) is 4.85. The highest BCUT2D eigenvalue weighted by atomic mass is 35.5. The van der Waals surface area contributed by atoms with Gasteiger partial charge in [-0.25, -0.2) is 0 Å². The van der Waals surface area contributed by atoms with E-state index >= 15 is 0 Å². The maximum absolute atomic E-state index is 13.4. The first kappa shape index (κ1) is 24.2. The molecule has 0 atom stereocenters. The van der Waals surface area contributed by atoms with Gasteiger partial charge in [-0.3, -0.25) is 5.41 Å². The van der Waals surface area contributed by atoms with Crippen LogP contribution in [0.3, 0.4) is 0 Å². The molecule has 1 aromatic rings. The quantitative estimate of drug-likeness (QED) is 0.377. The van der Waals surface area contributed by atoms with Crippen molar-refractivity contribution in [3.05, 3.63) is 40.1 Å². The number of ether oxygens (including phenoxy) is 2. The molecule has 0 aliphatic heterocycles. The lowest BCUT2D eigenvalue weighted by Crippen LogP contribution is -2.31. The number of hydrogen-bond donors (Lipinski definition) is 3. The van der Waals surface area contributed by atoms with Gasteiger partial charge >= 0.3 is 6.18 Å². The Morgan fingerprint density at radius 2 is 2.04 bits per heavy atom. The van der Waals surface area contributed by atoms with E-state index in [-0.39, 0.29) is 30.2 Å². The monoisotopic (exact) mass is 422 g/mol. The number of likely N-dealkylation sites (N-methyl/N-ethyl adjacent to an activating group) is 2. The van der Waals surface area contributed by atoms with E-state index in [1.54, 1.807) is 0 Å². The molecule has 1 aromatic carbocycles. The van der Waals surface area contributed by atoms with Crippen molar-refractivity contribution in [2.24, 2.45) is 5.73 Å². The van der Waals surface area contributed by atoms with Crippen LogP contribution < -0.4 is 15.8 Å². The molecular formula is C18H26ClF3N4O2. The standard InChI is InChI=1S/C18H26ClF3N4O2/c1-25-4-5-26(2)11-13(10-23)17(24)12-8-14(18(20,21)22)16(19)15(9-12)28-7-6-27-3/h8-10,24-25H,4-7,11,23H2,1-3H3/b13-10-,24-17?. The molecule has 0 unspecified atom stereocenters. The number of alkyl halides is 3. The molecule has 6 nitrogen and oxygen atoms in total. The highest BCUT2D eigenvalue weighted by Crippen LogP contribution is 2.40. The SMILES string of the molecule is CNCCN(C)C/C(=C/N)C(=N)c1cc(OCCOC)c(Cl)c(C(F)(F)F)c1. The minimum atomic E-state index is -4.69. The molecule has 0 aromatic heterocycles. The molecule has 28 heavy (non-hydrogen) atoms. The Kier molecular flexibility index (Phi) is 9.74. The Labute approximate surface area is 167 Å². The number of nitrogens with zero attached hydrogens (tertiary/aromatic N) is 1. The molecule has 158 valence electrons. The summed E-state index contributed by atoms with van der Waals surface area (Å²) in [6.07, 6.45) is -3.46. The molecular weight excluding hydrogens is 397 g/mol. The molecule has 0 radical (unpaired) electrons. The van der Waals surface area contributed by atoms with Crippen LogP contribution in [0.4, 0.5) is 13.2 Å². The number of benzene rings is 1. The Hall–Kier alpha value is -1.81. The van der Waals surface area contributed by atoms with E-state index in [2.05, 4.69) is 5.32 Å². The number of hydrogen-bond acceptors (Lipinski definition) is 6. The Morgan fingerprint density at radius 3 is 2.57 bits per heavy atom. The zero-order valence-corrected chi connectivity index (χ0v) is 16.9. The van der Waals surface area contributed by atoms with Crippen LogP contribution in [0.1, 0.15) is 11.1 Å². The fourth-order valence-corrected chi connectivity index (χ4v) is 2.63. The van der Waals surface area contributed by atoms with Gasteiger partial charge in [-0.1, -0.05) is 11.6 Å².